The smallest absolute Gasteiger partial charge is 0.130 e. The second kappa shape index (κ2) is 4.16. The lowest BCUT2D eigenvalue weighted by Crippen LogP contribution is -2.12. The molecular formula is C9H11F2N. The zero-order valence-electron chi connectivity index (χ0n) is 6.90. The zero-order chi connectivity index (χ0) is 8.97. The third kappa shape index (κ3) is 2.27. The van der Waals surface area contributed by atoms with Crippen LogP contribution in [0, 0.1) is 11.6 Å². The molecular weight excluding hydrogens is 160 g/mol. The van der Waals surface area contributed by atoms with Gasteiger partial charge in [0.15, 0.2) is 0 Å². The minimum absolute atomic E-state index is 0.447. The van der Waals surface area contributed by atoms with Gasteiger partial charge in [-0.25, -0.2) is 8.78 Å². The third-order valence-corrected chi connectivity index (χ3v) is 1.58. The van der Waals surface area contributed by atoms with E-state index in [0.717, 1.165) is 12.6 Å². The van der Waals surface area contributed by atoms with Crippen molar-refractivity contribution >= 4 is 0 Å². The molecule has 0 fully saturated rings. The Kier molecular flexibility index (Phi) is 3.17. The average Bonchev–Trinajstić information content (AvgIpc) is 2.03. The molecule has 0 amide bonds. The highest BCUT2D eigenvalue weighted by molar-refractivity contribution is 5.18. The van der Waals surface area contributed by atoms with E-state index in [1.54, 1.807) is 0 Å². The molecule has 0 aliphatic heterocycles. The zero-order valence-corrected chi connectivity index (χ0v) is 6.90. The fourth-order valence-electron chi connectivity index (χ4n) is 0.925. The first-order valence-electron chi connectivity index (χ1n) is 3.88. The summed E-state index contributed by atoms with van der Waals surface area (Å²) in [7, 11) is 0. The van der Waals surface area contributed by atoms with Crippen LogP contribution in [-0.4, -0.2) is 6.54 Å². The summed E-state index contributed by atoms with van der Waals surface area (Å²) in [6.07, 6.45) is 0. The highest BCUT2D eigenvalue weighted by Gasteiger charge is 2.01. The molecule has 0 heterocycles. The maximum absolute atomic E-state index is 12.9. The summed E-state index contributed by atoms with van der Waals surface area (Å²) in [6, 6.07) is 3.61. The first-order valence-corrected chi connectivity index (χ1v) is 3.88. The Morgan fingerprint density at radius 2 is 2.08 bits per heavy atom. The molecule has 0 bridgehead atoms. The number of halogens is 2. The monoisotopic (exact) mass is 171 g/mol. The lowest BCUT2D eigenvalue weighted by atomic mass is 10.2. The number of benzene rings is 1. The van der Waals surface area contributed by atoms with Crippen LogP contribution in [0.4, 0.5) is 8.78 Å². The Labute approximate surface area is 70.4 Å². The van der Waals surface area contributed by atoms with Crippen LogP contribution in [0.5, 0.6) is 0 Å². The summed E-state index contributed by atoms with van der Waals surface area (Å²) < 4.78 is 25.3. The van der Waals surface area contributed by atoms with Crippen LogP contribution in [0.1, 0.15) is 12.5 Å². The van der Waals surface area contributed by atoms with Gasteiger partial charge in [-0.05, 0) is 12.6 Å². The summed E-state index contributed by atoms with van der Waals surface area (Å²) in [4.78, 5) is 0. The summed E-state index contributed by atoms with van der Waals surface area (Å²) in [6.45, 7) is 3.15. The minimum atomic E-state index is -0.534. The molecule has 0 aliphatic rings. The quantitative estimate of drug-likeness (QED) is 0.734. The van der Waals surface area contributed by atoms with Crippen LogP contribution in [0.15, 0.2) is 18.2 Å². The van der Waals surface area contributed by atoms with Gasteiger partial charge in [-0.2, -0.15) is 0 Å². The summed E-state index contributed by atoms with van der Waals surface area (Å²) in [5.41, 5.74) is 0.498. The van der Waals surface area contributed by atoms with Crippen molar-refractivity contribution in [3.8, 4) is 0 Å². The van der Waals surface area contributed by atoms with Crippen molar-refractivity contribution in [3.05, 3.63) is 35.4 Å². The van der Waals surface area contributed by atoms with E-state index in [-0.39, 0.29) is 0 Å². The molecule has 0 unspecified atom stereocenters. The summed E-state index contributed by atoms with van der Waals surface area (Å²) >= 11 is 0. The van der Waals surface area contributed by atoms with Gasteiger partial charge < -0.3 is 5.32 Å². The van der Waals surface area contributed by atoms with Crippen molar-refractivity contribution in [2.75, 3.05) is 6.54 Å². The average molecular weight is 171 g/mol. The fourth-order valence-corrected chi connectivity index (χ4v) is 0.925. The van der Waals surface area contributed by atoms with Crippen molar-refractivity contribution in [2.45, 2.75) is 13.5 Å². The van der Waals surface area contributed by atoms with Gasteiger partial charge in [-0.15, -0.1) is 0 Å². The first kappa shape index (κ1) is 9.13. The normalized spacial score (nSPS) is 10.2. The Balaban J connectivity index is 2.72. The Hall–Kier alpha value is -0.960. The fraction of sp³-hybridized carbons (Fsp3) is 0.333. The second-order valence-electron chi connectivity index (χ2n) is 2.52. The van der Waals surface area contributed by atoms with Crippen LogP contribution in [0.3, 0.4) is 0 Å². The maximum Gasteiger partial charge on any atom is 0.130 e. The van der Waals surface area contributed by atoms with Gasteiger partial charge in [0.05, 0.1) is 0 Å². The van der Waals surface area contributed by atoms with Gasteiger partial charge in [0, 0.05) is 18.2 Å². The van der Waals surface area contributed by atoms with Crippen molar-refractivity contribution in [2.24, 2.45) is 0 Å². The number of hydrogen-bond donors (Lipinski definition) is 1. The predicted molar refractivity (Wildman–Crippen MR) is 43.7 cm³/mol. The van der Waals surface area contributed by atoms with Gasteiger partial charge in [0.2, 0.25) is 0 Å². The van der Waals surface area contributed by atoms with E-state index in [1.807, 2.05) is 6.92 Å². The minimum Gasteiger partial charge on any atom is -0.313 e. The van der Waals surface area contributed by atoms with Gasteiger partial charge in [0.25, 0.3) is 0 Å². The molecule has 1 nitrogen and oxygen atoms in total. The maximum atomic E-state index is 12.9. The highest BCUT2D eigenvalue weighted by atomic mass is 19.1. The van der Waals surface area contributed by atoms with Crippen molar-refractivity contribution in [3.63, 3.8) is 0 Å². The van der Waals surface area contributed by atoms with Gasteiger partial charge in [0.1, 0.15) is 11.6 Å². The molecule has 1 aromatic carbocycles. The van der Waals surface area contributed by atoms with E-state index in [1.165, 1.54) is 12.1 Å². The van der Waals surface area contributed by atoms with Crippen molar-refractivity contribution in [1.29, 1.82) is 0 Å². The molecule has 1 rings (SSSR count). The van der Waals surface area contributed by atoms with Crippen LogP contribution >= 0.6 is 0 Å². The standard InChI is InChI=1S/C9H11F2N/c1-2-12-6-7-3-4-8(10)5-9(7)11/h3-5,12H,2,6H2,1H3. The van der Waals surface area contributed by atoms with Gasteiger partial charge in [-0.3, -0.25) is 0 Å². The number of hydrogen-bond acceptors (Lipinski definition) is 1. The lowest BCUT2D eigenvalue weighted by Gasteiger charge is -2.02. The number of nitrogens with one attached hydrogen (secondary N) is 1. The Morgan fingerprint density at radius 1 is 1.33 bits per heavy atom. The molecule has 0 atom stereocenters. The molecule has 66 valence electrons. The van der Waals surface area contributed by atoms with Crippen molar-refractivity contribution in [1.82, 2.24) is 5.32 Å². The molecule has 3 heteroatoms. The topological polar surface area (TPSA) is 12.0 Å². The SMILES string of the molecule is CCNCc1ccc(F)cc1F. The van der Waals surface area contributed by atoms with Crippen molar-refractivity contribution < 1.29 is 8.78 Å². The lowest BCUT2D eigenvalue weighted by molar-refractivity contribution is 0.563. The molecule has 1 aromatic rings. The van der Waals surface area contributed by atoms with E-state index in [4.69, 9.17) is 0 Å². The molecule has 1 N–H and O–H groups in total. The molecule has 0 radical (unpaired) electrons. The summed E-state index contributed by atoms with van der Waals surface area (Å²) in [5.74, 6) is -1.02. The predicted octanol–water partition coefficient (Wildman–Crippen LogP) is 2.07. The molecule has 0 aromatic heterocycles. The van der Waals surface area contributed by atoms with Crippen LogP contribution in [0.2, 0.25) is 0 Å². The molecule has 12 heavy (non-hydrogen) atoms. The Bertz CT molecular complexity index is 261. The van der Waals surface area contributed by atoms with E-state index in [2.05, 4.69) is 5.32 Å². The molecule has 0 aliphatic carbocycles. The third-order valence-electron chi connectivity index (χ3n) is 1.58. The number of rotatable bonds is 3. The van der Waals surface area contributed by atoms with Gasteiger partial charge >= 0.3 is 0 Å². The largest absolute Gasteiger partial charge is 0.313 e. The van der Waals surface area contributed by atoms with Crippen LogP contribution in [0.25, 0.3) is 0 Å². The van der Waals surface area contributed by atoms with Crippen LogP contribution < -0.4 is 5.32 Å². The molecule has 0 saturated carbocycles. The second-order valence-corrected chi connectivity index (χ2v) is 2.52. The molecule has 0 spiro atoms. The molecule has 0 saturated heterocycles. The highest BCUT2D eigenvalue weighted by Crippen LogP contribution is 2.08. The van der Waals surface area contributed by atoms with E-state index in [9.17, 15) is 8.78 Å². The first-order chi connectivity index (χ1) is 5.74. The summed E-state index contributed by atoms with van der Waals surface area (Å²) in [5, 5.41) is 2.96. The Morgan fingerprint density at radius 3 is 2.67 bits per heavy atom. The van der Waals surface area contributed by atoms with Crippen LogP contribution in [-0.2, 0) is 6.54 Å². The van der Waals surface area contributed by atoms with E-state index >= 15 is 0 Å². The van der Waals surface area contributed by atoms with E-state index < -0.39 is 11.6 Å². The van der Waals surface area contributed by atoms with Gasteiger partial charge in [-0.1, -0.05) is 13.0 Å². The van der Waals surface area contributed by atoms with E-state index in [0.29, 0.717) is 12.1 Å².